The zero-order valence-electron chi connectivity index (χ0n) is 7.56. The summed E-state index contributed by atoms with van der Waals surface area (Å²) in [6.45, 7) is 7.45. The lowest BCUT2D eigenvalue weighted by Gasteiger charge is -2.08. The maximum Gasteiger partial charge on any atom is 0.117 e. The first-order valence-electron chi connectivity index (χ1n) is 3.70. The van der Waals surface area contributed by atoms with E-state index in [9.17, 15) is 0 Å². The monoisotopic (exact) mass is 150 g/mol. The van der Waals surface area contributed by atoms with Gasteiger partial charge < -0.3 is 4.74 Å². The maximum atomic E-state index is 5.38. The van der Waals surface area contributed by atoms with Crippen LogP contribution in [0.15, 0.2) is 0 Å². The van der Waals surface area contributed by atoms with Gasteiger partial charge in [0.15, 0.2) is 0 Å². The molecule has 0 aliphatic carbocycles. The number of hydrogen-bond donors (Lipinski definition) is 0. The summed E-state index contributed by atoms with van der Waals surface area (Å²) in [4.78, 5) is 0. The molecule has 0 N–H and O–H groups in total. The fraction of sp³-hybridized carbons (Fsp3) is 0.600. The van der Waals surface area contributed by atoms with E-state index in [0.717, 1.165) is 0 Å². The summed E-state index contributed by atoms with van der Waals surface area (Å²) in [7, 11) is 0. The third-order valence-corrected chi connectivity index (χ3v) is 1.10. The van der Waals surface area contributed by atoms with E-state index >= 15 is 0 Å². The van der Waals surface area contributed by atoms with Crippen LogP contribution in [0, 0.1) is 23.7 Å². The Morgan fingerprint density at radius 1 is 0.909 bits per heavy atom. The highest BCUT2D eigenvalue weighted by Crippen LogP contribution is 1.94. The minimum absolute atomic E-state index is 0.0177. The molecule has 0 spiro atoms. The minimum atomic E-state index is -0.0177. The Labute approximate surface area is 69.1 Å². The molecule has 0 amide bonds. The molecule has 2 atom stereocenters. The quantitative estimate of drug-likeness (QED) is 0.546. The molecule has 60 valence electrons. The van der Waals surface area contributed by atoms with Gasteiger partial charge >= 0.3 is 0 Å². The summed E-state index contributed by atoms with van der Waals surface area (Å²) < 4.78 is 5.38. The number of ether oxygens (including phenoxy) is 1. The lowest BCUT2D eigenvalue weighted by atomic mass is 10.3. The molecule has 0 aliphatic rings. The summed E-state index contributed by atoms with van der Waals surface area (Å²) in [6, 6.07) is 0. The average Bonchev–Trinajstić information content (AvgIpc) is 1.87. The third kappa shape index (κ3) is 5.52. The molecular formula is C10H14O. The second-order valence-corrected chi connectivity index (χ2v) is 2.21. The smallest absolute Gasteiger partial charge is 0.117 e. The molecule has 0 bridgehead atoms. The zero-order valence-corrected chi connectivity index (χ0v) is 7.56. The standard InChI is InChI=1S/C10H14O/c1-5-7-9(3)11-10(4)8-6-2/h9-10H,1-4H3. The summed E-state index contributed by atoms with van der Waals surface area (Å²) in [5.41, 5.74) is 0. The Balaban J connectivity index is 3.77. The molecule has 0 rings (SSSR count). The van der Waals surface area contributed by atoms with Crippen molar-refractivity contribution in [3.05, 3.63) is 0 Å². The molecule has 0 saturated heterocycles. The van der Waals surface area contributed by atoms with Crippen molar-refractivity contribution in [2.45, 2.75) is 39.9 Å². The van der Waals surface area contributed by atoms with E-state index in [-0.39, 0.29) is 12.2 Å². The highest BCUT2D eigenvalue weighted by Gasteiger charge is 2.00. The van der Waals surface area contributed by atoms with Crippen molar-refractivity contribution in [2.24, 2.45) is 0 Å². The predicted molar refractivity (Wildman–Crippen MR) is 46.9 cm³/mol. The normalized spacial score (nSPS) is 13.5. The van der Waals surface area contributed by atoms with E-state index in [4.69, 9.17) is 4.74 Å². The summed E-state index contributed by atoms with van der Waals surface area (Å²) in [5, 5.41) is 0. The topological polar surface area (TPSA) is 9.23 Å². The van der Waals surface area contributed by atoms with Crippen LogP contribution in [-0.2, 0) is 4.74 Å². The van der Waals surface area contributed by atoms with E-state index in [1.807, 2.05) is 13.8 Å². The number of rotatable bonds is 2. The summed E-state index contributed by atoms with van der Waals surface area (Å²) >= 11 is 0. The summed E-state index contributed by atoms with van der Waals surface area (Å²) in [5.74, 6) is 11.4. The second-order valence-electron chi connectivity index (χ2n) is 2.21. The molecule has 0 radical (unpaired) electrons. The van der Waals surface area contributed by atoms with Crippen molar-refractivity contribution >= 4 is 0 Å². The fourth-order valence-corrected chi connectivity index (χ4v) is 0.781. The van der Waals surface area contributed by atoms with Crippen LogP contribution in [0.2, 0.25) is 0 Å². The van der Waals surface area contributed by atoms with E-state index in [1.54, 1.807) is 13.8 Å². The fourth-order valence-electron chi connectivity index (χ4n) is 0.781. The van der Waals surface area contributed by atoms with Gasteiger partial charge in [-0.1, -0.05) is 11.8 Å². The predicted octanol–water partition coefficient (Wildman–Crippen LogP) is 1.83. The van der Waals surface area contributed by atoms with Crippen LogP contribution in [0.4, 0.5) is 0 Å². The molecular weight excluding hydrogens is 136 g/mol. The largest absolute Gasteiger partial charge is 0.350 e. The van der Waals surface area contributed by atoms with Gasteiger partial charge in [-0.05, 0) is 27.7 Å². The highest BCUT2D eigenvalue weighted by atomic mass is 16.5. The van der Waals surface area contributed by atoms with Crippen molar-refractivity contribution in [3.63, 3.8) is 0 Å². The van der Waals surface area contributed by atoms with Gasteiger partial charge in [0, 0.05) is 0 Å². The Bertz CT molecular complexity index is 184. The van der Waals surface area contributed by atoms with Crippen molar-refractivity contribution < 1.29 is 4.74 Å². The first kappa shape index (κ1) is 10.1. The Hall–Kier alpha value is -0.920. The van der Waals surface area contributed by atoms with Crippen molar-refractivity contribution in [2.75, 3.05) is 0 Å². The average molecular weight is 150 g/mol. The Morgan fingerprint density at radius 3 is 1.55 bits per heavy atom. The van der Waals surface area contributed by atoms with Gasteiger partial charge in [0.2, 0.25) is 0 Å². The van der Waals surface area contributed by atoms with Gasteiger partial charge in [-0.25, -0.2) is 0 Å². The van der Waals surface area contributed by atoms with Gasteiger partial charge in [0.1, 0.15) is 12.2 Å². The van der Waals surface area contributed by atoms with Crippen LogP contribution in [0.25, 0.3) is 0 Å². The first-order chi connectivity index (χ1) is 5.20. The molecule has 1 heteroatoms. The maximum absolute atomic E-state index is 5.38. The van der Waals surface area contributed by atoms with Crippen LogP contribution in [0.5, 0.6) is 0 Å². The van der Waals surface area contributed by atoms with Crippen LogP contribution in [-0.4, -0.2) is 12.2 Å². The minimum Gasteiger partial charge on any atom is -0.350 e. The van der Waals surface area contributed by atoms with Gasteiger partial charge in [-0.15, -0.1) is 11.8 Å². The van der Waals surface area contributed by atoms with Crippen LogP contribution in [0.3, 0.4) is 0 Å². The van der Waals surface area contributed by atoms with E-state index in [0.29, 0.717) is 0 Å². The van der Waals surface area contributed by atoms with Crippen molar-refractivity contribution in [1.29, 1.82) is 0 Å². The van der Waals surface area contributed by atoms with Crippen LogP contribution < -0.4 is 0 Å². The van der Waals surface area contributed by atoms with Gasteiger partial charge in [0.25, 0.3) is 0 Å². The van der Waals surface area contributed by atoms with Crippen LogP contribution >= 0.6 is 0 Å². The lowest BCUT2D eigenvalue weighted by Crippen LogP contribution is -2.13. The third-order valence-electron chi connectivity index (χ3n) is 1.10. The second kappa shape index (κ2) is 5.83. The Kier molecular flexibility index (Phi) is 5.35. The molecule has 11 heavy (non-hydrogen) atoms. The van der Waals surface area contributed by atoms with Gasteiger partial charge in [-0.2, -0.15) is 0 Å². The molecule has 0 heterocycles. The van der Waals surface area contributed by atoms with Gasteiger partial charge in [0.05, 0.1) is 0 Å². The molecule has 0 aliphatic heterocycles. The summed E-state index contributed by atoms with van der Waals surface area (Å²) in [6.07, 6.45) is -0.0355. The number of hydrogen-bond acceptors (Lipinski definition) is 1. The van der Waals surface area contributed by atoms with Crippen LogP contribution in [0.1, 0.15) is 27.7 Å². The molecule has 1 nitrogen and oxygen atoms in total. The SMILES string of the molecule is CC#CC(C)OC(C)C#CC. The molecule has 0 saturated carbocycles. The molecule has 2 unspecified atom stereocenters. The molecule has 0 aromatic rings. The van der Waals surface area contributed by atoms with Crippen molar-refractivity contribution in [1.82, 2.24) is 0 Å². The molecule has 0 fully saturated rings. The lowest BCUT2D eigenvalue weighted by molar-refractivity contribution is 0.0743. The van der Waals surface area contributed by atoms with Crippen molar-refractivity contribution in [3.8, 4) is 23.7 Å². The van der Waals surface area contributed by atoms with E-state index < -0.39 is 0 Å². The van der Waals surface area contributed by atoms with E-state index in [1.165, 1.54) is 0 Å². The first-order valence-corrected chi connectivity index (χ1v) is 3.70. The highest BCUT2D eigenvalue weighted by molar-refractivity contribution is 5.05. The zero-order chi connectivity index (χ0) is 8.69. The molecule has 0 aromatic heterocycles. The van der Waals surface area contributed by atoms with E-state index in [2.05, 4.69) is 23.7 Å². The van der Waals surface area contributed by atoms with Gasteiger partial charge in [-0.3, -0.25) is 0 Å². The Morgan fingerprint density at radius 2 is 1.27 bits per heavy atom. The molecule has 0 aromatic carbocycles.